The van der Waals surface area contributed by atoms with E-state index in [9.17, 15) is 9.59 Å². The number of amides is 2. The molecule has 3 aromatic heterocycles. The molecular formula is C17H14N4O3S2. The van der Waals surface area contributed by atoms with Crippen LogP contribution in [-0.2, 0) is 9.59 Å². The van der Waals surface area contributed by atoms with Crippen LogP contribution in [0.25, 0.3) is 20.9 Å². The van der Waals surface area contributed by atoms with E-state index in [-0.39, 0.29) is 5.91 Å². The molecule has 4 heterocycles. The van der Waals surface area contributed by atoms with Gasteiger partial charge in [0.2, 0.25) is 0 Å². The molecule has 1 N–H and O–H groups in total. The second kappa shape index (κ2) is 6.19. The molecule has 1 aliphatic rings. The molecule has 0 atom stereocenters. The number of aryl methyl sites for hydroxylation is 1. The van der Waals surface area contributed by atoms with Crippen LogP contribution < -0.4 is 10.2 Å². The molecule has 2 amide bonds. The zero-order valence-corrected chi connectivity index (χ0v) is 15.8. The van der Waals surface area contributed by atoms with E-state index in [2.05, 4.69) is 15.4 Å². The van der Waals surface area contributed by atoms with Gasteiger partial charge in [0.1, 0.15) is 4.83 Å². The summed E-state index contributed by atoms with van der Waals surface area (Å²) in [4.78, 5) is 35.2. The molecular weight excluding hydrogens is 372 g/mol. The van der Waals surface area contributed by atoms with Gasteiger partial charge in [0.25, 0.3) is 11.8 Å². The van der Waals surface area contributed by atoms with Crippen LogP contribution in [-0.4, -0.2) is 33.9 Å². The first-order valence-electron chi connectivity index (χ1n) is 7.72. The number of carbonyl (C=O) groups is 2. The van der Waals surface area contributed by atoms with E-state index >= 15 is 0 Å². The van der Waals surface area contributed by atoms with E-state index in [1.807, 2.05) is 24.4 Å². The Kier molecular flexibility index (Phi) is 3.97. The highest BCUT2D eigenvalue weighted by Crippen LogP contribution is 2.40. The maximum absolute atomic E-state index is 12.2. The monoisotopic (exact) mass is 386 g/mol. The maximum Gasteiger partial charge on any atom is 0.275 e. The van der Waals surface area contributed by atoms with Crippen molar-refractivity contribution in [1.82, 2.24) is 15.0 Å². The van der Waals surface area contributed by atoms with Crippen molar-refractivity contribution >= 4 is 50.5 Å². The number of thiophene rings is 2. The van der Waals surface area contributed by atoms with Crippen molar-refractivity contribution in [3.63, 3.8) is 0 Å². The number of rotatable bonds is 4. The normalized spacial score (nSPS) is 14.3. The zero-order chi connectivity index (χ0) is 18.4. The average molecular weight is 386 g/mol. The molecule has 26 heavy (non-hydrogen) atoms. The fraction of sp³-hybridized carbons (Fsp3) is 0.176. The first-order valence-corrected chi connectivity index (χ1v) is 9.41. The van der Waals surface area contributed by atoms with Crippen molar-refractivity contribution in [2.75, 3.05) is 12.5 Å². The number of aromatic nitrogens is 2. The maximum atomic E-state index is 12.2. The molecule has 0 fully saturated rings. The summed E-state index contributed by atoms with van der Waals surface area (Å²) >= 11 is 2.92. The molecule has 7 nitrogen and oxygen atoms in total. The molecule has 0 aromatic carbocycles. The average Bonchev–Trinajstić information content (AvgIpc) is 3.31. The summed E-state index contributed by atoms with van der Waals surface area (Å²) < 4.78 is 5.41. The third-order valence-electron chi connectivity index (χ3n) is 3.99. The summed E-state index contributed by atoms with van der Waals surface area (Å²) in [6.45, 7) is 3.50. The summed E-state index contributed by atoms with van der Waals surface area (Å²) in [5.41, 5.74) is 4.12. The number of hydrogen-bond acceptors (Lipinski definition) is 8. The summed E-state index contributed by atoms with van der Waals surface area (Å²) in [5, 5.41) is 4.36. The first-order chi connectivity index (χ1) is 12.5. The van der Waals surface area contributed by atoms with Gasteiger partial charge in [-0.1, -0.05) is 17.4 Å². The van der Waals surface area contributed by atoms with Crippen molar-refractivity contribution in [2.45, 2.75) is 13.8 Å². The first kappa shape index (κ1) is 16.7. The van der Waals surface area contributed by atoms with Crippen LogP contribution in [0.2, 0.25) is 0 Å². The third kappa shape index (κ3) is 2.56. The summed E-state index contributed by atoms with van der Waals surface area (Å²) in [5.74, 6) is 0.124. The Balaban J connectivity index is 1.87. The standard InChI is InChI=1S/C17H14N4O3S2/c1-8-7-11(22)21(16(8)23)20-14-12-9(2)17(24-3)26-15(12)19-13(18-14)10-5-4-6-25-10/h4-7H,1-3H3,(H,18,19,20). The molecule has 0 spiro atoms. The second-order valence-electron chi connectivity index (χ2n) is 5.69. The van der Waals surface area contributed by atoms with Gasteiger partial charge in [-0.2, -0.15) is 5.01 Å². The highest BCUT2D eigenvalue weighted by Gasteiger charge is 2.30. The Bertz CT molecular complexity index is 1070. The van der Waals surface area contributed by atoms with Crippen molar-refractivity contribution in [3.8, 4) is 15.8 Å². The summed E-state index contributed by atoms with van der Waals surface area (Å²) in [6, 6.07) is 3.84. The lowest BCUT2D eigenvalue weighted by Gasteiger charge is -2.17. The van der Waals surface area contributed by atoms with Gasteiger partial charge in [-0.15, -0.1) is 11.3 Å². The van der Waals surface area contributed by atoms with Gasteiger partial charge in [0.05, 0.1) is 17.4 Å². The largest absolute Gasteiger partial charge is 0.487 e. The molecule has 1 aliphatic heterocycles. The number of carbonyl (C=O) groups excluding carboxylic acids is 2. The van der Waals surface area contributed by atoms with Gasteiger partial charge in [-0.25, -0.2) is 9.97 Å². The van der Waals surface area contributed by atoms with Crippen molar-refractivity contribution in [2.24, 2.45) is 0 Å². The van der Waals surface area contributed by atoms with Crippen LogP contribution >= 0.6 is 22.7 Å². The van der Waals surface area contributed by atoms with Gasteiger partial charge in [-0.05, 0) is 25.3 Å². The molecule has 0 saturated carbocycles. The number of nitrogens with zero attached hydrogens (tertiary/aromatic N) is 3. The number of fused-ring (bicyclic) bond motifs is 1. The van der Waals surface area contributed by atoms with Crippen molar-refractivity contribution in [1.29, 1.82) is 0 Å². The number of imide groups is 1. The molecule has 9 heteroatoms. The van der Waals surface area contributed by atoms with E-state index < -0.39 is 5.91 Å². The molecule has 4 rings (SSSR count). The van der Waals surface area contributed by atoms with Gasteiger partial charge in [-0.3, -0.25) is 15.0 Å². The third-order valence-corrected chi connectivity index (χ3v) is 6.00. The van der Waals surface area contributed by atoms with Gasteiger partial charge >= 0.3 is 0 Å². The number of hydrazine groups is 1. The number of methoxy groups -OCH3 is 1. The van der Waals surface area contributed by atoms with E-state index in [1.165, 1.54) is 28.7 Å². The zero-order valence-electron chi connectivity index (χ0n) is 14.2. The van der Waals surface area contributed by atoms with E-state index in [0.717, 1.165) is 25.7 Å². The predicted octanol–water partition coefficient (Wildman–Crippen LogP) is 3.38. The van der Waals surface area contributed by atoms with Crippen LogP contribution in [0.5, 0.6) is 5.06 Å². The minimum atomic E-state index is -0.420. The highest BCUT2D eigenvalue weighted by atomic mass is 32.1. The molecule has 0 bridgehead atoms. The van der Waals surface area contributed by atoms with Crippen LogP contribution in [0.3, 0.4) is 0 Å². The lowest BCUT2D eigenvalue weighted by molar-refractivity contribution is -0.135. The molecule has 132 valence electrons. The fourth-order valence-electron chi connectivity index (χ4n) is 2.71. The quantitative estimate of drug-likeness (QED) is 0.692. The van der Waals surface area contributed by atoms with Crippen LogP contribution in [0.4, 0.5) is 5.82 Å². The molecule has 0 saturated heterocycles. The minimum Gasteiger partial charge on any atom is -0.487 e. The summed E-state index contributed by atoms with van der Waals surface area (Å²) in [6.07, 6.45) is 1.30. The van der Waals surface area contributed by atoms with E-state index in [0.29, 0.717) is 22.3 Å². The van der Waals surface area contributed by atoms with Gasteiger partial charge < -0.3 is 4.74 Å². The van der Waals surface area contributed by atoms with Crippen LogP contribution in [0.1, 0.15) is 12.5 Å². The lowest BCUT2D eigenvalue weighted by atomic mass is 10.2. The van der Waals surface area contributed by atoms with Gasteiger partial charge in [0, 0.05) is 17.2 Å². The summed E-state index contributed by atoms with van der Waals surface area (Å²) in [7, 11) is 1.60. The van der Waals surface area contributed by atoms with E-state index in [1.54, 1.807) is 14.0 Å². The lowest BCUT2D eigenvalue weighted by Crippen LogP contribution is -2.36. The number of hydrogen-bond donors (Lipinski definition) is 1. The smallest absolute Gasteiger partial charge is 0.275 e. The fourth-order valence-corrected chi connectivity index (χ4v) is 4.37. The number of anilines is 1. The Hall–Kier alpha value is -2.78. The Labute approximate surface area is 156 Å². The molecule has 3 aromatic rings. The van der Waals surface area contributed by atoms with Gasteiger partial charge in [0.15, 0.2) is 16.7 Å². The van der Waals surface area contributed by atoms with E-state index in [4.69, 9.17) is 4.74 Å². The van der Waals surface area contributed by atoms with Crippen molar-refractivity contribution < 1.29 is 14.3 Å². The van der Waals surface area contributed by atoms with Crippen LogP contribution in [0.15, 0.2) is 29.2 Å². The predicted molar refractivity (Wildman–Crippen MR) is 101 cm³/mol. The minimum absolute atomic E-state index is 0.380. The Morgan fingerprint density at radius 2 is 2.04 bits per heavy atom. The molecule has 0 unspecified atom stereocenters. The topological polar surface area (TPSA) is 84.4 Å². The molecule has 0 radical (unpaired) electrons. The molecule has 0 aliphatic carbocycles. The Morgan fingerprint density at radius 3 is 2.65 bits per heavy atom. The number of ether oxygens (including phenoxy) is 1. The Morgan fingerprint density at radius 1 is 1.23 bits per heavy atom. The second-order valence-corrected chi connectivity index (χ2v) is 7.60. The SMILES string of the molecule is COc1sc2nc(-c3cccs3)nc(NN3C(=O)C=C(C)C3=O)c2c1C. The van der Waals surface area contributed by atoms with Crippen LogP contribution in [0, 0.1) is 6.92 Å². The van der Waals surface area contributed by atoms with Crippen molar-refractivity contribution in [3.05, 3.63) is 34.7 Å². The highest BCUT2D eigenvalue weighted by molar-refractivity contribution is 7.20. The number of nitrogens with one attached hydrogen (secondary N) is 1.